The molecule has 0 radical (unpaired) electrons. The average Bonchev–Trinajstić information content (AvgIpc) is 3.05. The van der Waals surface area contributed by atoms with Crippen LogP contribution in [-0.4, -0.2) is 39.1 Å². The summed E-state index contributed by atoms with van der Waals surface area (Å²) in [5, 5.41) is 3.13. The zero-order chi connectivity index (χ0) is 21.8. The van der Waals surface area contributed by atoms with Crippen molar-refractivity contribution in [3.8, 4) is 0 Å². The minimum absolute atomic E-state index is 0.0165. The Labute approximate surface area is 181 Å². The molecule has 0 aliphatic carbocycles. The minimum atomic E-state index is -0.216. The molecule has 164 valence electrons. The van der Waals surface area contributed by atoms with E-state index in [0.717, 1.165) is 49.1 Å². The molecule has 1 aliphatic heterocycles. The molecule has 7 heteroatoms. The van der Waals surface area contributed by atoms with E-state index in [9.17, 15) is 14.0 Å². The third-order valence-electron chi connectivity index (χ3n) is 6.08. The first-order valence-corrected chi connectivity index (χ1v) is 11.0. The first-order chi connectivity index (χ1) is 15.0. The monoisotopic (exact) mass is 424 g/mol. The molecule has 0 atom stereocenters. The SMILES string of the molecule is CCn1c(=O)n(CCC(=O)NC2CCN(Cc3ccc(F)cc3)CC2)c2ccccc21. The topological polar surface area (TPSA) is 59.3 Å². The average molecular weight is 425 g/mol. The molecule has 0 unspecified atom stereocenters. The molecule has 1 fully saturated rings. The van der Waals surface area contributed by atoms with E-state index < -0.39 is 0 Å². The number of amides is 1. The Balaban J connectivity index is 1.28. The van der Waals surface area contributed by atoms with Crippen LogP contribution in [0.5, 0.6) is 0 Å². The van der Waals surface area contributed by atoms with Crippen molar-refractivity contribution in [1.82, 2.24) is 19.4 Å². The van der Waals surface area contributed by atoms with Crippen molar-refractivity contribution >= 4 is 16.9 Å². The maximum atomic E-state index is 13.1. The summed E-state index contributed by atoms with van der Waals surface area (Å²) in [6, 6.07) is 14.5. The first kappa shape index (κ1) is 21.3. The predicted molar refractivity (Wildman–Crippen MR) is 119 cm³/mol. The molecule has 1 N–H and O–H groups in total. The smallest absolute Gasteiger partial charge is 0.329 e. The molecule has 4 rings (SSSR count). The minimum Gasteiger partial charge on any atom is -0.353 e. The molecule has 1 amide bonds. The molecule has 31 heavy (non-hydrogen) atoms. The van der Waals surface area contributed by atoms with Crippen LogP contribution in [0, 0.1) is 5.82 Å². The van der Waals surface area contributed by atoms with Crippen LogP contribution in [0.25, 0.3) is 11.0 Å². The molecule has 0 saturated carbocycles. The number of fused-ring (bicyclic) bond motifs is 1. The molecule has 3 aromatic rings. The summed E-state index contributed by atoms with van der Waals surface area (Å²) in [7, 11) is 0. The number of aryl methyl sites for hydroxylation is 2. The van der Waals surface area contributed by atoms with Crippen molar-refractivity contribution in [3.05, 3.63) is 70.4 Å². The molecular weight excluding hydrogens is 395 g/mol. The number of piperidine rings is 1. The predicted octanol–water partition coefficient (Wildman–Crippen LogP) is 3.13. The summed E-state index contributed by atoms with van der Waals surface area (Å²) in [5.41, 5.74) is 2.81. The quantitative estimate of drug-likeness (QED) is 0.634. The van der Waals surface area contributed by atoms with Crippen LogP contribution in [0.4, 0.5) is 4.39 Å². The van der Waals surface area contributed by atoms with Gasteiger partial charge in [0.1, 0.15) is 5.82 Å². The molecule has 2 aromatic carbocycles. The van der Waals surface area contributed by atoms with Gasteiger partial charge in [-0.2, -0.15) is 0 Å². The van der Waals surface area contributed by atoms with Crippen molar-refractivity contribution in [2.75, 3.05) is 13.1 Å². The van der Waals surface area contributed by atoms with E-state index in [0.29, 0.717) is 13.1 Å². The van der Waals surface area contributed by atoms with Crippen molar-refractivity contribution < 1.29 is 9.18 Å². The lowest BCUT2D eigenvalue weighted by molar-refractivity contribution is -0.122. The summed E-state index contributed by atoms with van der Waals surface area (Å²) in [6.45, 7) is 5.52. The molecule has 1 saturated heterocycles. The Kier molecular flexibility index (Phi) is 6.51. The van der Waals surface area contributed by atoms with Gasteiger partial charge in [-0.05, 0) is 49.6 Å². The summed E-state index contributed by atoms with van der Waals surface area (Å²) >= 11 is 0. The first-order valence-electron chi connectivity index (χ1n) is 11.0. The van der Waals surface area contributed by atoms with Gasteiger partial charge in [-0.3, -0.25) is 18.8 Å². The Hall–Kier alpha value is -2.93. The van der Waals surface area contributed by atoms with E-state index in [1.807, 2.05) is 43.3 Å². The molecular formula is C24H29FN4O2. The number of nitrogens with one attached hydrogen (secondary N) is 1. The van der Waals surface area contributed by atoms with Gasteiger partial charge in [0.05, 0.1) is 11.0 Å². The zero-order valence-corrected chi connectivity index (χ0v) is 17.9. The molecule has 1 aromatic heterocycles. The number of halogens is 1. The molecule has 0 spiro atoms. The Morgan fingerprint density at radius 2 is 1.68 bits per heavy atom. The standard InChI is InChI=1S/C24H29FN4O2/c1-2-28-21-5-3-4-6-22(21)29(24(28)31)16-13-23(30)26-20-11-14-27(15-12-20)17-18-7-9-19(25)10-8-18/h3-10,20H,2,11-17H2,1H3,(H,26,30). The van der Waals surface area contributed by atoms with Crippen LogP contribution in [0.3, 0.4) is 0 Å². The number of likely N-dealkylation sites (tertiary alicyclic amines) is 1. The van der Waals surface area contributed by atoms with Crippen LogP contribution in [-0.2, 0) is 24.4 Å². The van der Waals surface area contributed by atoms with Crippen LogP contribution in [0.1, 0.15) is 31.7 Å². The van der Waals surface area contributed by atoms with Crippen molar-refractivity contribution in [2.45, 2.75) is 51.9 Å². The highest BCUT2D eigenvalue weighted by Crippen LogP contribution is 2.15. The van der Waals surface area contributed by atoms with Gasteiger partial charge in [0.25, 0.3) is 0 Å². The summed E-state index contributed by atoms with van der Waals surface area (Å²) in [4.78, 5) is 27.6. The number of nitrogens with zero attached hydrogens (tertiary/aromatic N) is 3. The number of para-hydroxylation sites is 2. The third-order valence-corrected chi connectivity index (χ3v) is 6.08. The number of hydrogen-bond acceptors (Lipinski definition) is 3. The highest BCUT2D eigenvalue weighted by Gasteiger charge is 2.21. The van der Waals surface area contributed by atoms with Gasteiger partial charge < -0.3 is 5.32 Å². The fourth-order valence-electron chi connectivity index (χ4n) is 4.39. The van der Waals surface area contributed by atoms with E-state index in [1.165, 1.54) is 12.1 Å². The number of carbonyl (C=O) groups is 1. The number of imidazole rings is 1. The number of hydrogen-bond donors (Lipinski definition) is 1. The lowest BCUT2D eigenvalue weighted by Crippen LogP contribution is -2.44. The van der Waals surface area contributed by atoms with E-state index in [2.05, 4.69) is 10.2 Å². The van der Waals surface area contributed by atoms with Crippen LogP contribution in [0.2, 0.25) is 0 Å². The second kappa shape index (κ2) is 9.47. The largest absolute Gasteiger partial charge is 0.353 e. The lowest BCUT2D eigenvalue weighted by Gasteiger charge is -2.32. The molecule has 2 heterocycles. The second-order valence-electron chi connectivity index (χ2n) is 8.16. The molecule has 6 nitrogen and oxygen atoms in total. The summed E-state index contributed by atoms with van der Waals surface area (Å²) < 4.78 is 16.5. The van der Waals surface area contributed by atoms with Gasteiger partial charge >= 0.3 is 5.69 Å². The summed E-state index contributed by atoms with van der Waals surface area (Å²) in [5.74, 6) is -0.232. The van der Waals surface area contributed by atoms with Crippen LogP contribution in [0.15, 0.2) is 53.3 Å². The fraction of sp³-hybridized carbons (Fsp3) is 0.417. The normalized spacial score (nSPS) is 15.4. The van der Waals surface area contributed by atoms with Gasteiger partial charge in [-0.25, -0.2) is 9.18 Å². The molecule has 1 aliphatic rings. The second-order valence-corrected chi connectivity index (χ2v) is 8.16. The summed E-state index contributed by atoms with van der Waals surface area (Å²) in [6.07, 6.45) is 2.07. The number of aromatic nitrogens is 2. The van der Waals surface area contributed by atoms with Crippen molar-refractivity contribution in [3.63, 3.8) is 0 Å². The Bertz CT molecular complexity index is 1090. The van der Waals surface area contributed by atoms with Crippen LogP contribution < -0.4 is 11.0 Å². The van der Waals surface area contributed by atoms with E-state index in [4.69, 9.17) is 0 Å². The maximum absolute atomic E-state index is 13.1. The van der Waals surface area contributed by atoms with Gasteiger partial charge in [0.2, 0.25) is 5.91 Å². The maximum Gasteiger partial charge on any atom is 0.329 e. The van der Waals surface area contributed by atoms with E-state index in [1.54, 1.807) is 9.13 Å². The third kappa shape index (κ3) is 4.88. The van der Waals surface area contributed by atoms with Crippen LogP contribution >= 0.6 is 0 Å². The van der Waals surface area contributed by atoms with Gasteiger partial charge in [-0.15, -0.1) is 0 Å². The van der Waals surface area contributed by atoms with Gasteiger partial charge in [0, 0.05) is 45.2 Å². The van der Waals surface area contributed by atoms with Crippen molar-refractivity contribution in [2.24, 2.45) is 0 Å². The fourth-order valence-corrected chi connectivity index (χ4v) is 4.39. The van der Waals surface area contributed by atoms with Gasteiger partial charge in [0.15, 0.2) is 0 Å². The highest BCUT2D eigenvalue weighted by molar-refractivity contribution is 5.78. The number of carbonyl (C=O) groups excluding carboxylic acids is 1. The van der Waals surface area contributed by atoms with Crippen molar-refractivity contribution in [1.29, 1.82) is 0 Å². The van der Waals surface area contributed by atoms with E-state index in [-0.39, 0.29) is 29.9 Å². The Morgan fingerprint density at radius 1 is 1.03 bits per heavy atom. The van der Waals surface area contributed by atoms with E-state index >= 15 is 0 Å². The number of benzene rings is 2. The highest BCUT2D eigenvalue weighted by atomic mass is 19.1. The number of rotatable bonds is 7. The Morgan fingerprint density at radius 3 is 2.32 bits per heavy atom. The lowest BCUT2D eigenvalue weighted by atomic mass is 10.0. The van der Waals surface area contributed by atoms with Gasteiger partial charge in [-0.1, -0.05) is 24.3 Å². The zero-order valence-electron chi connectivity index (χ0n) is 17.9. The molecule has 0 bridgehead atoms.